The Morgan fingerprint density at radius 2 is 2.00 bits per heavy atom. The highest BCUT2D eigenvalue weighted by molar-refractivity contribution is 5.46. The summed E-state index contributed by atoms with van der Waals surface area (Å²) in [5, 5.41) is 0. The largest absolute Gasteiger partial charge is 0.439 e. The van der Waals surface area contributed by atoms with Crippen LogP contribution in [0, 0.1) is 13.8 Å². The van der Waals surface area contributed by atoms with E-state index in [9.17, 15) is 0 Å². The molecule has 2 rings (SSSR count). The lowest BCUT2D eigenvalue weighted by molar-refractivity contribution is 0.455. The van der Waals surface area contributed by atoms with Gasteiger partial charge in [-0.15, -0.1) is 0 Å². The van der Waals surface area contributed by atoms with E-state index < -0.39 is 0 Å². The fourth-order valence-corrected chi connectivity index (χ4v) is 1.61. The van der Waals surface area contributed by atoms with Crippen LogP contribution in [0.25, 0.3) is 0 Å². The number of rotatable bonds is 3. The number of nitrogen functional groups attached to an aromatic ring is 1. The predicted molar refractivity (Wildman–Crippen MR) is 71.8 cm³/mol. The number of ether oxygens (including phenoxy) is 1. The van der Waals surface area contributed by atoms with Gasteiger partial charge in [-0.1, -0.05) is 19.1 Å². The number of nitrogens with two attached hydrogens (primary N) is 1. The number of hydrogen-bond acceptors (Lipinski definition) is 4. The standard InChI is InChI=1S/C14H17N3O/c1-4-12-16-13(15)10(3)14(17-12)18-11-7-5-6-9(2)8-11/h5-8H,4H2,1-3H3,(H2,15,16,17). The Morgan fingerprint density at radius 1 is 1.22 bits per heavy atom. The minimum atomic E-state index is 0.476. The van der Waals surface area contributed by atoms with Crippen LogP contribution in [0.3, 0.4) is 0 Å². The van der Waals surface area contributed by atoms with Crippen molar-refractivity contribution in [3.63, 3.8) is 0 Å². The maximum absolute atomic E-state index is 5.85. The lowest BCUT2D eigenvalue weighted by atomic mass is 10.2. The molecule has 4 heteroatoms. The van der Waals surface area contributed by atoms with Crippen LogP contribution < -0.4 is 10.5 Å². The molecule has 1 aromatic carbocycles. The minimum absolute atomic E-state index is 0.476. The fraction of sp³-hybridized carbons (Fsp3) is 0.286. The first kappa shape index (κ1) is 12.4. The molecule has 0 aliphatic heterocycles. The van der Waals surface area contributed by atoms with Crippen LogP contribution in [-0.2, 0) is 6.42 Å². The van der Waals surface area contributed by atoms with E-state index in [4.69, 9.17) is 10.5 Å². The van der Waals surface area contributed by atoms with Crippen molar-refractivity contribution in [2.24, 2.45) is 0 Å². The van der Waals surface area contributed by atoms with Crippen molar-refractivity contribution >= 4 is 5.82 Å². The highest BCUT2D eigenvalue weighted by atomic mass is 16.5. The summed E-state index contributed by atoms with van der Waals surface area (Å²) in [6, 6.07) is 7.83. The van der Waals surface area contributed by atoms with Crippen LogP contribution in [0.1, 0.15) is 23.9 Å². The molecule has 2 aromatic rings. The molecule has 0 saturated carbocycles. The van der Waals surface area contributed by atoms with Gasteiger partial charge in [-0.25, -0.2) is 4.98 Å². The van der Waals surface area contributed by atoms with E-state index in [2.05, 4.69) is 9.97 Å². The van der Waals surface area contributed by atoms with Crippen LogP contribution in [0.4, 0.5) is 5.82 Å². The Kier molecular flexibility index (Phi) is 3.46. The van der Waals surface area contributed by atoms with Crippen molar-refractivity contribution in [3.05, 3.63) is 41.2 Å². The van der Waals surface area contributed by atoms with Crippen molar-refractivity contribution in [1.29, 1.82) is 0 Å². The van der Waals surface area contributed by atoms with Crippen molar-refractivity contribution in [2.45, 2.75) is 27.2 Å². The summed E-state index contributed by atoms with van der Waals surface area (Å²) >= 11 is 0. The van der Waals surface area contributed by atoms with Crippen molar-refractivity contribution in [3.8, 4) is 11.6 Å². The number of aryl methyl sites for hydroxylation is 2. The Labute approximate surface area is 107 Å². The molecule has 0 radical (unpaired) electrons. The summed E-state index contributed by atoms with van der Waals surface area (Å²) in [5.74, 6) is 2.47. The molecule has 0 aliphatic rings. The molecule has 0 bridgehead atoms. The number of hydrogen-bond donors (Lipinski definition) is 1. The summed E-state index contributed by atoms with van der Waals surface area (Å²) in [4.78, 5) is 8.56. The summed E-state index contributed by atoms with van der Waals surface area (Å²) in [7, 11) is 0. The van der Waals surface area contributed by atoms with Crippen molar-refractivity contribution in [1.82, 2.24) is 9.97 Å². The zero-order valence-corrected chi connectivity index (χ0v) is 10.9. The van der Waals surface area contributed by atoms with E-state index in [-0.39, 0.29) is 0 Å². The number of aromatic nitrogens is 2. The van der Waals surface area contributed by atoms with Crippen LogP contribution in [0.2, 0.25) is 0 Å². The Balaban J connectivity index is 2.36. The maximum atomic E-state index is 5.85. The summed E-state index contributed by atoms with van der Waals surface area (Å²) < 4.78 is 5.78. The van der Waals surface area contributed by atoms with Crippen molar-refractivity contribution in [2.75, 3.05) is 5.73 Å². The van der Waals surface area contributed by atoms with Gasteiger partial charge in [-0.2, -0.15) is 4.98 Å². The molecule has 0 saturated heterocycles. The normalized spacial score (nSPS) is 10.4. The molecule has 0 fully saturated rings. The highest BCUT2D eigenvalue weighted by Crippen LogP contribution is 2.26. The lowest BCUT2D eigenvalue weighted by Crippen LogP contribution is -2.04. The van der Waals surface area contributed by atoms with Gasteiger partial charge in [0.05, 0.1) is 5.56 Å². The molecule has 0 amide bonds. The van der Waals surface area contributed by atoms with E-state index >= 15 is 0 Å². The molecule has 1 aromatic heterocycles. The molecule has 1 heterocycles. The molecule has 18 heavy (non-hydrogen) atoms. The third kappa shape index (κ3) is 2.59. The van der Waals surface area contributed by atoms with E-state index in [1.54, 1.807) is 0 Å². The van der Waals surface area contributed by atoms with E-state index in [1.165, 1.54) is 0 Å². The first-order chi connectivity index (χ1) is 8.60. The molecule has 0 unspecified atom stereocenters. The molecule has 2 N–H and O–H groups in total. The lowest BCUT2D eigenvalue weighted by Gasteiger charge is -2.10. The zero-order chi connectivity index (χ0) is 13.1. The van der Waals surface area contributed by atoms with Gasteiger partial charge in [-0.05, 0) is 31.5 Å². The summed E-state index contributed by atoms with van der Waals surface area (Å²) in [6.07, 6.45) is 0.731. The smallest absolute Gasteiger partial charge is 0.227 e. The summed E-state index contributed by atoms with van der Waals surface area (Å²) in [6.45, 7) is 5.87. The third-order valence-electron chi connectivity index (χ3n) is 2.71. The summed E-state index contributed by atoms with van der Waals surface area (Å²) in [5.41, 5.74) is 7.76. The molecule has 0 atom stereocenters. The van der Waals surface area contributed by atoms with Gasteiger partial charge in [-0.3, -0.25) is 0 Å². The number of nitrogens with zero attached hydrogens (tertiary/aromatic N) is 2. The molecule has 0 spiro atoms. The maximum Gasteiger partial charge on any atom is 0.227 e. The Bertz CT molecular complexity index is 567. The topological polar surface area (TPSA) is 61.0 Å². The van der Waals surface area contributed by atoms with Gasteiger partial charge < -0.3 is 10.5 Å². The van der Waals surface area contributed by atoms with Gasteiger partial charge in [0, 0.05) is 6.42 Å². The SMILES string of the molecule is CCc1nc(N)c(C)c(Oc2cccc(C)c2)n1. The molecular weight excluding hydrogens is 226 g/mol. The quantitative estimate of drug-likeness (QED) is 0.900. The number of benzene rings is 1. The van der Waals surface area contributed by atoms with Crippen LogP contribution >= 0.6 is 0 Å². The van der Waals surface area contributed by atoms with E-state index in [1.807, 2.05) is 45.0 Å². The Hall–Kier alpha value is -2.10. The first-order valence-corrected chi connectivity index (χ1v) is 5.97. The van der Waals surface area contributed by atoms with E-state index in [0.717, 1.165) is 23.3 Å². The number of anilines is 1. The second kappa shape index (κ2) is 5.04. The van der Waals surface area contributed by atoms with Crippen LogP contribution in [0.15, 0.2) is 24.3 Å². The average Bonchev–Trinajstić information content (AvgIpc) is 2.34. The highest BCUT2D eigenvalue weighted by Gasteiger charge is 2.10. The van der Waals surface area contributed by atoms with Crippen LogP contribution in [0.5, 0.6) is 11.6 Å². The van der Waals surface area contributed by atoms with Crippen LogP contribution in [-0.4, -0.2) is 9.97 Å². The first-order valence-electron chi connectivity index (χ1n) is 5.97. The average molecular weight is 243 g/mol. The van der Waals surface area contributed by atoms with Gasteiger partial charge in [0.25, 0.3) is 0 Å². The molecular formula is C14H17N3O. The van der Waals surface area contributed by atoms with E-state index in [0.29, 0.717) is 17.5 Å². The predicted octanol–water partition coefficient (Wildman–Crippen LogP) is 3.03. The molecule has 0 aliphatic carbocycles. The van der Waals surface area contributed by atoms with Gasteiger partial charge in [0.15, 0.2) is 0 Å². The fourth-order valence-electron chi connectivity index (χ4n) is 1.61. The van der Waals surface area contributed by atoms with Gasteiger partial charge >= 0.3 is 0 Å². The van der Waals surface area contributed by atoms with Crippen molar-refractivity contribution < 1.29 is 4.74 Å². The second-order valence-electron chi connectivity index (χ2n) is 4.23. The Morgan fingerprint density at radius 3 is 2.67 bits per heavy atom. The van der Waals surface area contributed by atoms with Gasteiger partial charge in [0.1, 0.15) is 17.4 Å². The third-order valence-corrected chi connectivity index (χ3v) is 2.71. The zero-order valence-electron chi connectivity index (χ0n) is 10.9. The molecule has 4 nitrogen and oxygen atoms in total. The minimum Gasteiger partial charge on any atom is -0.439 e. The monoisotopic (exact) mass is 243 g/mol. The second-order valence-corrected chi connectivity index (χ2v) is 4.23. The van der Waals surface area contributed by atoms with Gasteiger partial charge in [0.2, 0.25) is 5.88 Å². The molecule has 94 valence electrons.